The van der Waals surface area contributed by atoms with E-state index in [9.17, 15) is 9.59 Å². The Morgan fingerprint density at radius 2 is 2.26 bits per heavy atom. The third-order valence-corrected chi connectivity index (χ3v) is 3.58. The molecule has 0 saturated heterocycles. The molecule has 0 radical (unpaired) electrons. The lowest BCUT2D eigenvalue weighted by Gasteiger charge is -2.25. The van der Waals surface area contributed by atoms with Crippen molar-refractivity contribution in [3.05, 3.63) is 53.3 Å². The Hall–Kier alpha value is -2.60. The molecule has 23 heavy (non-hydrogen) atoms. The van der Waals surface area contributed by atoms with Crippen LogP contribution >= 0.6 is 11.6 Å². The summed E-state index contributed by atoms with van der Waals surface area (Å²) in [5.74, 6) is -0.137. The average molecular weight is 332 g/mol. The van der Waals surface area contributed by atoms with Crippen LogP contribution in [0.1, 0.15) is 12.0 Å². The topological polar surface area (TPSA) is 80.3 Å². The number of nitrogens with zero attached hydrogens (tertiary/aromatic N) is 1. The predicted octanol–water partition coefficient (Wildman–Crippen LogP) is 2.14. The molecule has 0 saturated carbocycles. The molecular weight excluding hydrogens is 318 g/mol. The van der Waals surface area contributed by atoms with E-state index in [0.717, 1.165) is 5.56 Å². The van der Waals surface area contributed by atoms with E-state index in [-0.39, 0.29) is 18.2 Å². The van der Waals surface area contributed by atoms with Crippen LogP contribution in [0.2, 0.25) is 5.02 Å². The Morgan fingerprint density at radius 1 is 1.39 bits per heavy atom. The number of benzene rings is 1. The molecular formula is C16H14ClN3O3. The molecule has 7 heteroatoms. The highest BCUT2D eigenvalue weighted by Gasteiger charge is 2.29. The largest absolute Gasteiger partial charge is 0.478 e. The van der Waals surface area contributed by atoms with E-state index in [2.05, 4.69) is 15.6 Å². The quantitative estimate of drug-likeness (QED) is 0.899. The molecule has 2 heterocycles. The molecule has 3 rings (SSSR count). The number of ether oxygens (including phenoxy) is 1. The summed E-state index contributed by atoms with van der Waals surface area (Å²) in [4.78, 5) is 28.0. The number of anilines is 1. The van der Waals surface area contributed by atoms with Crippen molar-refractivity contribution in [3.8, 4) is 5.75 Å². The summed E-state index contributed by atoms with van der Waals surface area (Å²) in [5.41, 5.74) is 1.39. The Morgan fingerprint density at radius 3 is 3.04 bits per heavy atom. The fraction of sp³-hybridized carbons (Fsp3) is 0.188. The molecule has 0 aliphatic carbocycles. The fourth-order valence-corrected chi connectivity index (χ4v) is 2.37. The van der Waals surface area contributed by atoms with Crippen molar-refractivity contribution in [1.29, 1.82) is 0 Å². The standard InChI is InChI=1S/C16H14ClN3O3/c17-11-3-4-13-12(6-11)20-16(22)14(23-13)7-15(21)19-9-10-2-1-5-18-8-10/h1-6,8,14H,7,9H2,(H,19,21)(H,20,22). The van der Waals surface area contributed by atoms with Crippen LogP contribution < -0.4 is 15.4 Å². The molecule has 1 atom stereocenters. The van der Waals surface area contributed by atoms with Gasteiger partial charge in [0.1, 0.15) is 5.75 Å². The number of carbonyl (C=O) groups excluding carboxylic acids is 2. The maximum atomic E-state index is 12.0. The monoisotopic (exact) mass is 331 g/mol. The van der Waals surface area contributed by atoms with Gasteiger partial charge in [-0.05, 0) is 29.8 Å². The molecule has 6 nitrogen and oxygen atoms in total. The van der Waals surface area contributed by atoms with Gasteiger partial charge in [0.25, 0.3) is 5.91 Å². The highest BCUT2D eigenvalue weighted by Crippen LogP contribution is 2.32. The van der Waals surface area contributed by atoms with Crippen molar-refractivity contribution in [3.63, 3.8) is 0 Å². The first-order valence-electron chi connectivity index (χ1n) is 7.04. The molecule has 118 valence electrons. The molecule has 1 unspecified atom stereocenters. The summed E-state index contributed by atoms with van der Waals surface area (Å²) in [6, 6.07) is 8.58. The molecule has 1 aromatic carbocycles. The number of aromatic nitrogens is 1. The van der Waals surface area contributed by atoms with Crippen LogP contribution in [0.25, 0.3) is 0 Å². The molecule has 0 bridgehead atoms. The number of amides is 2. The van der Waals surface area contributed by atoms with Crippen molar-refractivity contribution in [2.75, 3.05) is 5.32 Å². The Balaban J connectivity index is 1.58. The van der Waals surface area contributed by atoms with Gasteiger partial charge in [-0.1, -0.05) is 17.7 Å². The van der Waals surface area contributed by atoms with Gasteiger partial charge in [-0.2, -0.15) is 0 Å². The average Bonchev–Trinajstić information content (AvgIpc) is 2.55. The number of carbonyl (C=O) groups is 2. The van der Waals surface area contributed by atoms with Crippen LogP contribution in [-0.4, -0.2) is 22.9 Å². The zero-order chi connectivity index (χ0) is 16.2. The minimum Gasteiger partial charge on any atom is -0.478 e. The minimum atomic E-state index is -0.863. The van der Waals surface area contributed by atoms with Crippen molar-refractivity contribution in [2.24, 2.45) is 0 Å². The van der Waals surface area contributed by atoms with Gasteiger partial charge in [-0.15, -0.1) is 0 Å². The van der Waals surface area contributed by atoms with E-state index in [1.807, 2.05) is 6.07 Å². The summed E-state index contributed by atoms with van der Waals surface area (Å²) >= 11 is 5.87. The van der Waals surface area contributed by atoms with Crippen molar-refractivity contribution in [1.82, 2.24) is 10.3 Å². The van der Waals surface area contributed by atoms with Gasteiger partial charge in [0.05, 0.1) is 12.1 Å². The van der Waals surface area contributed by atoms with Crippen LogP contribution in [0.15, 0.2) is 42.7 Å². The van der Waals surface area contributed by atoms with E-state index >= 15 is 0 Å². The fourth-order valence-electron chi connectivity index (χ4n) is 2.20. The van der Waals surface area contributed by atoms with Gasteiger partial charge in [-0.3, -0.25) is 14.6 Å². The second-order valence-electron chi connectivity index (χ2n) is 5.08. The molecule has 0 spiro atoms. The Bertz CT molecular complexity index is 737. The smallest absolute Gasteiger partial charge is 0.266 e. The number of nitrogens with one attached hydrogen (secondary N) is 2. The van der Waals surface area contributed by atoms with Gasteiger partial charge >= 0.3 is 0 Å². The summed E-state index contributed by atoms with van der Waals surface area (Å²) in [5, 5.41) is 5.93. The van der Waals surface area contributed by atoms with E-state index in [1.54, 1.807) is 36.7 Å². The normalized spacial score (nSPS) is 16.0. The molecule has 2 aromatic rings. The zero-order valence-electron chi connectivity index (χ0n) is 12.1. The van der Waals surface area contributed by atoms with Crippen LogP contribution in [0.4, 0.5) is 5.69 Å². The van der Waals surface area contributed by atoms with Gasteiger partial charge in [0.15, 0.2) is 6.10 Å². The number of halogens is 1. The van der Waals surface area contributed by atoms with E-state index < -0.39 is 6.10 Å². The number of rotatable bonds is 4. The lowest BCUT2D eigenvalue weighted by Crippen LogP contribution is -2.40. The molecule has 1 aliphatic rings. The number of hydrogen-bond acceptors (Lipinski definition) is 4. The summed E-state index contributed by atoms with van der Waals surface area (Å²) < 4.78 is 5.58. The Labute approximate surface area is 137 Å². The van der Waals surface area contributed by atoms with E-state index in [4.69, 9.17) is 16.3 Å². The molecule has 0 fully saturated rings. The van der Waals surface area contributed by atoms with Crippen LogP contribution in [0.5, 0.6) is 5.75 Å². The molecule has 2 amide bonds. The van der Waals surface area contributed by atoms with Crippen LogP contribution in [0, 0.1) is 0 Å². The highest BCUT2D eigenvalue weighted by atomic mass is 35.5. The summed E-state index contributed by atoms with van der Waals surface area (Å²) in [6.07, 6.45) is 2.41. The summed E-state index contributed by atoms with van der Waals surface area (Å²) in [6.45, 7) is 0.354. The number of pyridine rings is 1. The Kier molecular flexibility index (Phi) is 4.43. The first-order valence-corrected chi connectivity index (χ1v) is 7.42. The maximum absolute atomic E-state index is 12.0. The molecule has 1 aliphatic heterocycles. The first kappa shape index (κ1) is 15.3. The van der Waals surface area contributed by atoms with Gasteiger partial charge in [0, 0.05) is 24.0 Å². The number of fused-ring (bicyclic) bond motifs is 1. The van der Waals surface area contributed by atoms with Crippen molar-refractivity contribution in [2.45, 2.75) is 19.1 Å². The van der Waals surface area contributed by atoms with Crippen molar-refractivity contribution < 1.29 is 14.3 Å². The third kappa shape index (κ3) is 3.78. The SMILES string of the molecule is O=C(CC1Oc2ccc(Cl)cc2NC1=O)NCc1cccnc1. The highest BCUT2D eigenvalue weighted by molar-refractivity contribution is 6.31. The van der Waals surface area contributed by atoms with Gasteiger partial charge < -0.3 is 15.4 Å². The third-order valence-electron chi connectivity index (χ3n) is 3.34. The maximum Gasteiger partial charge on any atom is 0.266 e. The second-order valence-corrected chi connectivity index (χ2v) is 5.51. The first-order chi connectivity index (χ1) is 11.1. The van der Waals surface area contributed by atoms with Crippen molar-refractivity contribution >= 4 is 29.1 Å². The molecule has 1 aromatic heterocycles. The van der Waals surface area contributed by atoms with E-state index in [1.165, 1.54) is 0 Å². The lowest BCUT2D eigenvalue weighted by molar-refractivity contribution is -0.130. The molecule has 2 N–H and O–H groups in total. The summed E-state index contributed by atoms with van der Waals surface area (Å²) in [7, 11) is 0. The lowest BCUT2D eigenvalue weighted by atomic mass is 10.1. The second kappa shape index (κ2) is 6.66. The minimum absolute atomic E-state index is 0.0613. The zero-order valence-corrected chi connectivity index (χ0v) is 12.8. The van der Waals surface area contributed by atoms with E-state index in [0.29, 0.717) is 23.0 Å². The van der Waals surface area contributed by atoms with Gasteiger partial charge in [-0.25, -0.2) is 0 Å². The number of hydrogen-bond donors (Lipinski definition) is 2. The van der Waals surface area contributed by atoms with Crippen LogP contribution in [0.3, 0.4) is 0 Å². The predicted molar refractivity (Wildman–Crippen MR) is 85.2 cm³/mol. The van der Waals surface area contributed by atoms with Crippen LogP contribution in [-0.2, 0) is 16.1 Å². The van der Waals surface area contributed by atoms with Gasteiger partial charge in [0.2, 0.25) is 5.91 Å².